The maximum absolute atomic E-state index is 11.3. The molecular formula is C8H12O2. The minimum atomic E-state index is -0.292. The molecule has 0 N–H and O–H groups in total. The molecule has 2 fully saturated rings. The van der Waals surface area contributed by atoms with Crippen molar-refractivity contribution in [1.29, 1.82) is 0 Å². The van der Waals surface area contributed by atoms with Crippen molar-refractivity contribution >= 4 is 5.78 Å². The summed E-state index contributed by atoms with van der Waals surface area (Å²) in [7, 11) is 0. The van der Waals surface area contributed by atoms with Gasteiger partial charge in [0.25, 0.3) is 0 Å². The van der Waals surface area contributed by atoms with Gasteiger partial charge in [-0.05, 0) is 25.7 Å². The lowest BCUT2D eigenvalue weighted by molar-refractivity contribution is -0.134. The van der Waals surface area contributed by atoms with Crippen molar-refractivity contribution in [2.24, 2.45) is 0 Å². The average molecular weight is 140 g/mol. The maximum Gasteiger partial charge on any atom is 0.164 e. The second-order valence-corrected chi connectivity index (χ2v) is 3.22. The highest BCUT2D eigenvalue weighted by Crippen LogP contribution is 2.37. The zero-order valence-electron chi connectivity index (χ0n) is 6.06. The highest BCUT2D eigenvalue weighted by molar-refractivity contribution is 5.89. The van der Waals surface area contributed by atoms with E-state index in [1.807, 2.05) is 0 Å². The minimum absolute atomic E-state index is 0.292. The summed E-state index contributed by atoms with van der Waals surface area (Å²) in [6.45, 7) is 0.797. The van der Waals surface area contributed by atoms with Gasteiger partial charge in [-0.15, -0.1) is 0 Å². The first-order valence-corrected chi connectivity index (χ1v) is 4.01. The number of hydrogen-bond donors (Lipinski definition) is 0. The molecule has 0 radical (unpaired) electrons. The fourth-order valence-electron chi connectivity index (χ4n) is 2.02. The highest BCUT2D eigenvalue weighted by Gasteiger charge is 2.45. The van der Waals surface area contributed by atoms with Crippen molar-refractivity contribution in [3.8, 4) is 0 Å². The lowest BCUT2D eigenvalue weighted by Gasteiger charge is -2.18. The van der Waals surface area contributed by atoms with Crippen molar-refractivity contribution in [3.63, 3.8) is 0 Å². The molecular weight excluding hydrogens is 128 g/mol. The van der Waals surface area contributed by atoms with Crippen LogP contribution in [0.3, 0.4) is 0 Å². The Kier molecular flexibility index (Phi) is 1.31. The van der Waals surface area contributed by atoms with Gasteiger partial charge in [-0.1, -0.05) is 0 Å². The summed E-state index contributed by atoms with van der Waals surface area (Å²) in [6.07, 6.45) is 4.82. The predicted octanol–water partition coefficient (Wildman–Crippen LogP) is 1.29. The molecule has 10 heavy (non-hydrogen) atoms. The number of hydrogen-bond acceptors (Lipinski definition) is 2. The summed E-state index contributed by atoms with van der Waals surface area (Å²) in [5.74, 6) is 0.352. The van der Waals surface area contributed by atoms with Gasteiger partial charge in [0.1, 0.15) is 5.60 Å². The number of ketones is 1. The fraction of sp³-hybridized carbons (Fsp3) is 0.875. The van der Waals surface area contributed by atoms with Crippen LogP contribution in [0.2, 0.25) is 0 Å². The number of ether oxygens (including phenoxy) is 1. The van der Waals surface area contributed by atoms with Gasteiger partial charge in [0.2, 0.25) is 0 Å². The molecule has 1 aliphatic carbocycles. The van der Waals surface area contributed by atoms with E-state index in [4.69, 9.17) is 4.74 Å². The van der Waals surface area contributed by atoms with Gasteiger partial charge in [0.15, 0.2) is 5.78 Å². The second-order valence-electron chi connectivity index (χ2n) is 3.22. The molecule has 2 heteroatoms. The normalized spacial score (nSPS) is 39.8. The van der Waals surface area contributed by atoms with E-state index in [9.17, 15) is 4.79 Å². The van der Waals surface area contributed by atoms with E-state index in [1.54, 1.807) is 0 Å². The molecule has 0 amide bonds. The van der Waals surface area contributed by atoms with Crippen molar-refractivity contribution in [2.45, 2.75) is 37.7 Å². The number of Topliss-reactive ketones (excluding diaryl/α,β-unsaturated/α-hetero) is 1. The lowest BCUT2D eigenvalue weighted by atomic mass is 9.98. The SMILES string of the molecule is O=C1CCC[C@]12CCCO2. The topological polar surface area (TPSA) is 26.3 Å². The third-order valence-corrected chi connectivity index (χ3v) is 2.60. The molecule has 1 saturated carbocycles. The van der Waals surface area contributed by atoms with E-state index in [0.29, 0.717) is 5.78 Å². The summed E-state index contributed by atoms with van der Waals surface area (Å²) in [5.41, 5.74) is -0.292. The summed E-state index contributed by atoms with van der Waals surface area (Å²) in [6, 6.07) is 0. The first kappa shape index (κ1) is 6.35. The molecule has 0 unspecified atom stereocenters. The molecule has 1 saturated heterocycles. The molecule has 0 aromatic carbocycles. The maximum atomic E-state index is 11.3. The van der Waals surface area contributed by atoms with Crippen LogP contribution >= 0.6 is 0 Å². The molecule has 56 valence electrons. The third-order valence-electron chi connectivity index (χ3n) is 2.60. The first-order chi connectivity index (χ1) is 4.83. The van der Waals surface area contributed by atoms with Crippen LogP contribution in [0.4, 0.5) is 0 Å². The lowest BCUT2D eigenvalue weighted by Crippen LogP contribution is -2.32. The Hall–Kier alpha value is -0.370. The van der Waals surface area contributed by atoms with Crippen LogP contribution in [0, 0.1) is 0 Å². The van der Waals surface area contributed by atoms with E-state index >= 15 is 0 Å². The van der Waals surface area contributed by atoms with Crippen LogP contribution in [0.1, 0.15) is 32.1 Å². The van der Waals surface area contributed by atoms with Crippen molar-refractivity contribution in [2.75, 3.05) is 6.61 Å². The summed E-state index contributed by atoms with van der Waals surface area (Å²) >= 11 is 0. The zero-order valence-corrected chi connectivity index (χ0v) is 6.06. The Balaban J connectivity index is 2.19. The summed E-state index contributed by atoms with van der Waals surface area (Å²) in [4.78, 5) is 11.3. The molecule has 1 atom stereocenters. The van der Waals surface area contributed by atoms with Gasteiger partial charge in [-0.2, -0.15) is 0 Å². The van der Waals surface area contributed by atoms with Gasteiger partial charge in [0.05, 0.1) is 0 Å². The van der Waals surface area contributed by atoms with Gasteiger partial charge >= 0.3 is 0 Å². The highest BCUT2D eigenvalue weighted by atomic mass is 16.5. The first-order valence-electron chi connectivity index (χ1n) is 4.01. The van der Waals surface area contributed by atoms with Crippen LogP contribution in [-0.2, 0) is 9.53 Å². The minimum Gasteiger partial charge on any atom is -0.367 e. The van der Waals surface area contributed by atoms with Crippen LogP contribution in [-0.4, -0.2) is 18.0 Å². The Morgan fingerprint density at radius 2 is 2.10 bits per heavy atom. The Labute approximate surface area is 60.6 Å². The monoisotopic (exact) mass is 140 g/mol. The van der Waals surface area contributed by atoms with Crippen molar-refractivity contribution in [3.05, 3.63) is 0 Å². The molecule has 0 aromatic heterocycles. The molecule has 0 bridgehead atoms. The molecule has 2 nitrogen and oxygen atoms in total. The molecule has 1 spiro atoms. The largest absolute Gasteiger partial charge is 0.367 e. The van der Waals surface area contributed by atoms with Crippen LogP contribution in [0.25, 0.3) is 0 Å². The average Bonchev–Trinajstić information content (AvgIpc) is 2.48. The fourth-order valence-corrected chi connectivity index (χ4v) is 2.02. The second kappa shape index (κ2) is 2.06. The smallest absolute Gasteiger partial charge is 0.164 e. The van der Waals surface area contributed by atoms with Crippen LogP contribution in [0.15, 0.2) is 0 Å². The van der Waals surface area contributed by atoms with Gasteiger partial charge in [0, 0.05) is 13.0 Å². The Morgan fingerprint density at radius 3 is 2.60 bits per heavy atom. The summed E-state index contributed by atoms with van der Waals surface area (Å²) in [5, 5.41) is 0. The van der Waals surface area contributed by atoms with Crippen LogP contribution in [0.5, 0.6) is 0 Å². The Bertz CT molecular complexity index is 151. The van der Waals surface area contributed by atoms with Crippen molar-refractivity contribution < 1.29 is 9.53 Å². The third kappa shape index (κ3) is 0.717. The number of carbonyl (C=O) groups is 1. The van der Waals surface area contributed by atoms with Gasteiger partial charge in [-0.25, -0.2) is 0 Å². The molecule has 2 rings (SSSR count). The van der Waals surface area contributed by atoms with E-state index in [2.05, 4.69) is 0 Å². The van der Waals surface area contributed by atoms with Crippen molar-refractivity contribution in [1.82, 2.24) is 0 Å². The van der Waals surface area contributed by atoms with Gasteiger partial charge < -0.3 is 4.74 Å². The standard InChI is InChI=1S/C8H12O2/c9-7-3-1-4-8(7)5-2-6-10-8/h1-6H2/t8-/m0/s1. The van der Waals surface area contributed by atoms with E-state index in [0.717, 1.165) is 38.7 Å². The summed E-state index contributed by atoms with van der Waals surface area (Å²) < 4.78 is 5.46. The molecule has 2 aliphatic rings. The number of rotatable bonds is 0. The van der Waals surface area contributed by atoms with Gasteiger partial charge in [-0.3, -0.25) is 4.79 Å². The molecule has 1 heterocycles. The van der Waals surface area contributed by atoms with Crippen LogP contribution < -0.4 is 0 Å². The van der Waals surface area contributed by atoms with E-state index in [-0.39, 0.29) is 5.60 Å². The molecule has 0 aromatic rings. The number of carbonyl (C=O) groups excluding carboxylic acids is 1. The van der Waals surface area contributed by atoms with E-state index in [1.165, 1.54) is 0 Å². The molecule has 1 aliphatic heterocycles. The van der Waals surface area contributed by atoms with E-state index < -0.39 is 0 Å². The quantitative estimate of drug-likeness (QED) is 0.506. The predicted molar refractivity (Wildman–Crippen MR) is 36.8 cm³/mol. The Morgan fingerprint density at radius 1 is 1.30 bits per heavy atom. The zero-order chi connectivity index (χ0) is 7.03.